The highest BCUT2D eigenvalue weighted by molar-refractivity contribution is 7.89. The van der Waals surface area contributed by atoms with Crippen LogP contribution in [0.4, 0.5) is 5.69 Å². The molecule has 0 unspecified atom stereocenters. The standard InChI is InChI=1S/C16H23N7O5S/c1-5-21-10-13(11(2)17-21)29(27,28)22-8-6-20(7-9-22)16(24)14-15(23(25)26)12(3)19(4)18-14/h10H,5-9H2,1-4H3. The van der Waals surface area contributed by atoms with E-state index in [1.807, 2.05) is 6.92 Å². The molecule has 29 heavy (non-hydrogen) atoms. The Morgan fingerprint density at radius 3 is 2.34 bits per heavy atom. The van der Waals surface area contributed by atoms with Gasteiger partial charge in [-0.25, -0.2) is 8.42 Å². The predicted octanol–water partition coefficient (Wildman–Crippen LogP) is 0.308. The van der Waals surface area contributed by atoms with Gasteiger partial charge in [-0.15, -0.1) is 0 Å². The Labute approximate surface area is 167 Å². The van der Waals surface area contributed by atoms with Gasteiger partial charge in [0.05, 0.1) is 10.6 Å². The molecule has 1 aliphatic heterocycles. The molecule has 0 bridgehead atoms. The van der Waals surface area contributed by atoms with Gasteiger partial charge in [-0.2, -0.15) is 14.5 Å². The van der Waals surface area contributed by atoms with E-state index in [2.05, 4.69) is 10.2 Å². The highest BCUT2D eigenvalue weighted by Gasteiger charge is 2.36. The monoisotopic (exact) mass is 425 g/mol. The lowest BCUT2D eigenvalue weighted by atomic mass is 10.2. The molecule has 0 atom stereocenters. The third kappa shape index (κ3) is 3.62. The summed E-state index contributed by atoms with van der Waals surface area (Å²) in [6.07, 6.45) is 1.50. The van der Waals surface area contributed by atoms with Gasteiger partial charge in [0.1, 0.15) is 10.6 Å². The van der Waals surface area contributed by atoms with E-state index in [1.165, 1.54) is 34.1 Å². The van der Waals surface area contributed by atoms with Crippen LogP contribution in [-0.2, 0) is 23.6 Å². The summed E-state index contributed by atoms with van der Waals surface area (Å²) >= 11 is 0. The number of amides is 1. The second-order valence-corrected chi connectivity index (χ2v) is 8.70. The Morgan fingerprint density at radius 1 is 1.21 bits per heavy atom. The quantitative estimate of drug-likeness (QED) is 0.496. The van der Waals surface area contributed by atoms with Crippen LogP contribution in [0, 0.1) is 24.0 Å². The molecule has 3 rings (SSSR count). The lowest BCUT2D eigenvalue weighted by Crippen LogP contribution is -2.50. The number of piperazine rings is 1. The number of nitro groups is 1. The largest absolute Gasteiger partial charge is 0.334 e. The van der Waals surface area contributed by atoms with Crippen LogP contribution in [0.15, 0.2) is 11.1 Å². The van der Waals surface area contributed by atoms with Crippen LogP contribution in [0.3, 0.4) is 0 Å². The molecule has 12 nitrogen and oxygen atoms in total. The SMILES string of the molecule is CCn1cc(S(=O)(=O)N2CCN(C(=O)c3nn(C)c(C)c3[N+](=O)[O-])CC2)c(C)n1. The summed E-state index contributed by atoms with van der Waals surface area (Å²) in [7, 11) is -2.21. The summed E-state index contributed by atoms with van der Waals surface area (Å²) in [5.41, 5.74) is 0.148. The van der Waals surface area contributed by atoms with Gasteiger partial charge in [-0.1, -0.05) is 0 Å². The second-order valence-electron chi connectivity index (χ2n) is 6.79. The Bertz CT molecular complexity index is 1060. The zero-order chi connectivity index (χ0) is 21.5. The predicted molar refractivity (Wildman–Crippen MR) is 102 cm³/mol. The lowest BCUT2D eigenvalue weighted by molar-refractivity contribution is -0.385. The third-order valence-electron chi connectivity index (χ3n) is 5.06. The van der Waals surface area contributed by atoms with Crippen molar-refractivity contribution < 1.29 is 18.1 Å². The Hall–Kier alpha value is -2.80. The van der Waals surface area contributed by atoms with Crippen molar-refractivity contribution in [3.05, 3.63) is 33.4 Å². The number of aromatic nitrogens is 4. The van der Waals surface area contributed by atoms with E-state index in [-0.39, 0.29) is 48.1 Å². The van der Waals surface area contributed by atoms with E-state index in [0.717, 1.165) is 0 Å². The average molecular weight is 425 g/mol. The van der Waals surface area contributed by atoms with Gasteiger partial charge in [0.15, 0.2) is 0 Å². The van der Waals surface area contributed by atoms with Crippen LogP contribution >= 0.6 is 0 Å². The number of nitrogens with zero attached hydrogens (tertiary/aromatic N) is 7. The topological polar surface area (TPSA) is 136 Å². The molecule has 1 fully saturated rings. The molecular formula is C16H23N7O5S. The van der Waals surface area contributed by atoms with Crippen molar-refractivity contribution in [2.45, 2.75) is 32.2 Å². The maximum Gasteiger partial charge on any atom is 0.322 e. The first-order valence-corrected chi connectivity index (χ1v) is 10.5. The summed E-state index contributed by atoms with van der Waals surface area (Å²) in [5.74, 6) is -0.576. The number of carbonyl (C=O) groups excluding carboxylic acids is 1. The van der Waals surface area contributed by atoms with Crippen LogP contribution in [0.2, 0.25) is 0 Å². The first kappa shape index (κ1) is 20.9. The van der Waals surface area contributed by atoms with Gasteiger partial charge in [-0.05, 0) is 20.8 Å². The van der Waals surface area contributed by atoms with Crippen molar-refractivity contribution in [1.82, 2.24) is 28.8 Å². The van der Waals surface area contributed by atoms with Gasteiger partial charge in [-0.3, -0.25) is 24.3 Å². The fourth-order valence-electron chi connectivity index (χ4n) is 3.29. The van der Waals surface area contributed by atoms with Crippen molar-refractivity contribution in [1.29, 1.82) is 0 Å². The van der Waals surface area contributed by atoms with Crippen LogP contribution in [0.5, 0.6) is 0 Å². The second kappa shape index (κ2) is 7.55. The summed E-state index contributed by atoms with van der Waals surface area (Å²) in [6, 6.07) is 0. The van der Waals surface area contributed by atoms with E-state index < -0.39 is 20.9 Å². The highest BCUT2D eigenvalue weighted by Crippen LogP contribution is 2.25. The first-order valence-electron chi connectivity index (χ1n) is 9.09. The van der Waals surface area contributed by atoms with E-state index in [1.54, 1.807) is 11.6 Å². The first-order chi connectivity index (χ1) is 13.6. The molecular weight excluding hydrogens is 402 g/mol. The molecule has 0 saturated carbocycles. The average Bonchev–Trinajstić information content (AvgIpc) is 3.21. The van der Waals surface area contributed by atoms with Crippen molar-refractivity contribution in [2.75, 3.05) is 26.2 Å². The van der Waals surface area contributed by atoms with Gasteiger partial charge in [0, 0.05) is 46.0 Å². The van der Waals surface area contributed by atoms with E-state index in [0.29, 0.717) is 12.2 Å². The molecule has 13 heteroatoms. The number of aryl methyl sites for hydroxylation is 3. The van der Waals surface area contributed by atoms with Crippen LogP contribution in [-0.4, -0.2) is 74.2 Å². The molecule has 0 N–H and O–H groups in total. The molecule has 0 radical (unpaired) electrons. The van der Waals surface area contributed by atoms with Crippen molar-refractivity contribution in [2.24, 2.45) is 7.05 Å². The third-order valence-corrected chi connectivity index (χ3v) is 7.06. The molecule has 1 saturated heterocycles. The normalized spacial score (nSPS) is 15.7. The molecule has 0 aliphatic carbocycles. The number of hydrogen-bond acceptors (Lipinski definition) is 7. The number of carbonyl (C=O) groups is 1. The maximum absolute atomic E-state index is 12.9. The van der Waals surface area contributed by atoms with Gasteiger partial charge in [0.2, 0.25) is 15.7 Å². The number of rotatable bonds is 5. The van der Waals surface area contributed by atoms with Crippen LogP contribution < -0.4 is 0 Å². The highest BCUT2D eigenvalue weighted by atomic mass is 32.2. The minimum Gasteiger partial charge on any atom is -0.334 e. The zero-order valence-electron chi connectivity index (χ0n) is 16.7. The minimum absolute atomic E-state index is 0.0877. The molecule has 0 aromatic carbocycles. The van der Waals surface area contributed by atoms with Crippen molar-refractivity contribution in [3.8, 4) is 0 Å². The van der Waals surface area contributed by atoms with Gasteiger partial charge in [0.25, 0.3) is 5.91 Å². The van der Waals surface area contributed by atoms with E-state index in [4.69, 9.17) is 0 Å². The van der Waals surface area contributed by atoms with E-state index >= 15 is 0 Å². The zero-order valence-corrected chi connectivity index (χ0v) is 17.5. The molecule has 158 valence electrons. The van der Waals surface area contributed by atoms with E-state index in [9.17, 15) is 23.3 Å². The fourth-order valence-corrected chi connectivity index (χ4v) is 4.89. The molecule has 1 amide bonds. The summed E-state index contributed by atoms with van der Waals surface area (Å²) in [6.45, 7) is 5.99. The fraction of sp³-hybridized carbons (Fsp3) is 0.562. The smallest absolute Gasteiger partial charge is 0.322 e. The van der Waals surface area contributed by atoms with Crippen LogP contribution in [0.1, 0.15) is 28.8 Å². The Morgan fingerprint density at radius 2 is 1.83 bits per heavy atom. The molecule has 2 aromatic heterocycles. The number of hydrogen-bond donors (Lipinski definition) is 0. The minimum atomic E-state index is -3.74. The molecule has 2 aromatic rings. The molecule has 0 spiro atoms. The van der Waals surface area contributed by atoms with Crippen LogP contribution in [0.25, 0.3) is 0 Å². The lowest BCUT2D eigenvalue weighted by Gasteiger charge is -2.33. The summed E-state index contributed by atoms with van der Waals surface area (Å²) in [5, 5.41) is 19.5. The summed E-state index contributed by atoms with van der Waals surface area (Å²) < 4.78 is 30.0. The van der Waals surface area contributed by atoms with Crippen molar-refractivity contribution >= 4 is 21.6 Å². The number of sulfonamides is 1. The summed E-state index contributed by atoms with van der Waals surface area (Å²) in [4.78, 5) is 25.0. The van der Waals surface area contributed by atoms with Crippen molar-refractivity contribution in [3.63, 3.8) is 0 Å². The van der Waals surface area contributed by atoms with Gasteiger partial charge >= 0.3 is 5.69 Å². The Kier molecular flexibility index (Phi) is 5.45. The Balaban J connectivity index is 1.77. The maximum atomic E-state index is 12.9. The molecule has 3 heterocycles. The van der Waals surface area contributed by atoms with Gasteiger partial charge < -0.3 is 4.90 Å². The molecule has 1 aliphatic rings.